The van der Waals surface area contributed by atoms with Gasteiger partial charge in [0.25, 0.3) is 0 Å². The molecular formula is C25H24N4. The van der Waals surface area contributed by atoms with Crippen LogP contribution in [0.25, 0.3) is 22.0 Å². The van der Waals surface area contributed by atoms with E-state index in [-0.39, 0.29) is 0 Å². The zero-order valence-corrected chi connectivity index (χ0v) is 16.3. The number of nitrogens with one attached hydrogen (secondary N) is 2. The first kappa shape index (κ1) is 17.7. The molecule has 1 saturated heterocycles. The second-order valence-corrected chi connectivity index (χ2v) is 7.37. The van der Waals surface area contributed by atoms with E-state index in [4.69, 9.17) is 0 Å². The first-order chi connectivity index (χ1) is 14.4. The predicted molar refractivity (Wildman–Crippen MR) is 122 cm³/mol. The molecule has 0 unspecified atom stereocenters. The van der Waals surface area contributed by atoms with Gasteiger partial charge in [0.2, 0.25) is 0 Å². The van der Waals surface area contributed by atoms with E-state index in [1.54, 1.807) is 0 Å². The summed E-state index contributed by atoms with van der Waals surface area (Å²) in [7, 11) is 0. The van der Waals surface area contributed by atoms with E-state index < -0.39 is 0 Å². The highest BCUT2D eigenvalue weighted by Crippen LogP contribution is 2.30. The lowest BCUT2D eigenvalue weighted by Crippen LogP contribution is -2.43. The molecule has 3 aromatic carbocycles. The molecule has 29 heavy (non-hydrogen) atoms. The molecule has 0 spiro atoms. The number of aromatic nitrogens is 1. The maximum atomic E-state index is 4.54. The number of benzene rings is 3. The summed E-state index contributed by atoms with van der Waals surface area (Å²) in [5.74, 6) is 0. The molecule has 0 saturated carbocycles. The molecule has 0 aliphatic carbocycles. The second-order valence-electron chi connectivity index (χ2n) is 7.37. The summed E-state index contributed by atoms with van der Waals surface area (Å²) in [6, 6.07) is 27.7. The summed E-state index contributed by atoms with van der Waals surface area (Å²) in [5.41, 5.74) is 6.84. The SMILES string of the molecule is c1ccc(-c2ccc3nccc(Nc4ccc(N5CCNCC5)cc4)c3c2)cc1. The number of pyridine rings is 1. The van der Waals surface area contributed by atoms with Gasteiger partial charge in [-0.05, 0) is 53.6 Å². The predicted octanol–water partition coefficient (Wildman–Crippen LogP) is 5.06. The van der Waals surface area contributed by atoms with Crippen molar-refractivity contribution in [2.24, 2.45) is 0 Å². The molecule has 0 bridgehead atoms. The van der Waals surface area contributed by atoms with Gasteiger partial charge in [-0.25, -0.2) is 0 Å². The van der Waals surface area contributed by atoms with Gasteiger partial charge in [0.15, 0.2) is 0 Å². The van der Waals surface area contributed by atoms with Crippen molar-refractivity contribution in [3.63, 3.8) is 0 Å². The summed E-state index contributed by atoms with van der Waals surface area (Å²) in [6.07, 6.45) is 1.86. The Morgan fingerprint density at radius 1 is 0.793 bits per heavy atom. The van der Waals surface area contributed by atoms with Gasteiger partial charge >= 0.3 is 0 Å². The molecular weight excluding hydrogens is 356 g/mol. The van der Waals surface area contributed by atoms with Crippen LogP contribution in [0.15, 0.2) is 85.1 Å². The molecule has 4 nitrogen and oxygen atoms in total. The van der Waals surface area contributed by atoms with Crippen LogP contribution >= 0.6 is 0 Å². The number of rotatable bonds is 4. The van der Waals surface area contributed by atoms with Crippen molar-refractivity contribution in [2.75, 3.05) is 36.4 Å². The normalized spacial score (nSPS) is 14.1. The van der Waals surface area contributed by atoms with Gasteiger partial charge in [-0.15, -0.1) is 0 Å². The molecule has 1 aromatic heterocycles. The average molecular weight is 380 g/mol. The highest BCUT2D eigenvalue weighted by Gasteiger charge is 2.10. The minimum absolute atomic E-state index is 0.993. The maximum absolute atomic E-state index is 4.54. The number of fused-ring (bicyclic) bond motifs is 1. The van der Waals surface area contributed by atoms with Crippen LogP contribution < -0.4 is 15.5 Å². The molecule has 4 aromatic rings. The smallest absolute Gasteiger partial charge is 0.0723 e. The summed E-state index contributed by atoms with van der Waals surface area (Å²) in [6.45, 7) is 4.22. The van der Waals surface area contributed by atoms with Crippen LogP contribution in [-0.2, 0) is 0 Å². The largest absolute Gasteiger partial charge is 0.369 e. The van der Waals surface area contributed by atoms with Crippen LogP contribution in [0, 0.1) is 0 Å². The topological polar surface area (TPSA) is 40.2 Å². The van der Waals surface area contributed by atoms with Gasteiger partial charge in [-0.3, -0.25) is 4.98 Å². The monoisotopic (exact) mass is 380 g/mol. The van der Waals surface area contributed by atoms with Crippen molar-refractivity contribution in [1.29, 1.82) is 0 Å². The highest BCUT2D eigenvalue weighted by molar-refractivity contribution is 5.95. The molecule has 0 radical (unpaired) electrons. The number of piperazine rings is 1. The van der Waals surface area contributed by atoms with Crippen LogP contribution in [0.5, 0.6) is 0 Å². The summed E-state index contributed by atoms with van der Waals surface area (Å²) in [4.78, 5) is 6.97. The summed E-state index contributed by atoms with van der Waals surface area (Å²) < 4.78 is 0. The first-order valence-corrected chi connectivity index (χ1v) is 10.1. The molecule has 4 heteroatoms. The fraction of sp³-hybridized carbons (Fsp3) is 0.160. The Morgan fingerprint density at radius 2 is 1.59 bits per heavy atom. The average Bonchev–Trinajstić information content (AvgIpc) is 2.81. The molecule has 1 aliphatic rings. The molecule has 2 heterocycles. The fourth-order valence-electron chi connectivity index (χ4n) is 3.90. The molecule has 1 fully saturated rings. The molecule has 144 valence electrons. The van der Waals surface area contributed by atoms with Crippen LogP contribution in [0.3, 0.4) is 0 Å². The van der Waals surface area contributed by atoms with Gasteiger partial charge in [0, 0.05) is 54.8 Å². The van der Waals surface area contributed by atoms with Crippen molar-refractivity contribution < 1.29 is 0 Å². The lowest BCUT2D eigenvalue weighted by molar-refractivity contribution is 0.589. The second kappa shape index (κ2) is 7.94. The first-order valence-electron chi connectivity index (χ1n) is 10.1. The van der Waals surface area contributed by atoms with E-state index in [2.05, 4.69) is 87.2 Å². The van der Waals surface area contributed by atoms with Crippen LogP contribution in [0.1, 0.15) is 0 Å². The van der Waals surface area contributed by atoms with Gasteiger partial charge in [0.05, 0.1) is 5.52 Å². The Labute approximate surface area is 171 Å². The van der Waals surface area contributed by atoms with E-state index >= 15 is 0 Å². The zero-order valence-electron chi connectivity index (χ0n) is 16.3. The van der Waals surface area contributed by atoms with E-state index in [9.17, 15) is 0 Å². The van der Waals surface area contributed by atoms with Gasteiger partial charge in [-0.1, -0.05) is 36.4 Å². The standard InChI is InChI=1S/C25H24N4/c1-2-4-19(5-3-1)20-6-11-24-23(18-20)25(12-13-27-24)28-21-7-9-22(10-8-21)29-16-14-26-15-17-29/h1-13,18,26H,14-17H2,(H,27,28). The molecule has 1 aliphatic heterocycles. The van der Waals surface area contributed by atoms with Crippen LogP contribution in [0.2, 0.25) is 0 Å². The van der Waals surface area contributed by atoms with E-state index in [1.165, 1.54) is 16.8 Å². The van der Waals surface area contributed by atoms with Gasteiger partial charge < -0.3 is 15.5 Å². The number of hydrogen-bond acceptors (Lipinski definition) is 4. The molecule has 0 amide bonds. The lowest BCUT2D eigenvalue weighted by atomic mass is 10.0. The number of anilines is 3. The molecule has 2 N–H and O–H groups in total. The summed E-state index contributed by atoms with van der Waals surface area (Å²) in [5, 5.41) is 8.11. The van der Waals surface area contributed by atoms with E-state index in [1.807, 2.05) is 18.3 Å². The Bertz CT molecular complexity index is 1100. The third-order valence-corrected chi connectivity index (χ3v) is 5.48. The summed E-state index contributed by atoms with van der Waals surface area (Å²) >= 11 is 0. The van der Waals surface area contributed by atoms with Gasteiger partial charge in [0.1, 0.15) is 0 Å². The minimum Gasteiger partial charge on any atom is -0.369 e. The quantitative estimate of drug-likeness (QED) is 0.519. The Balaban J connectivity index is 1.44. The van der Waals surface area contributed by atoms with Crippen molar-refractivity contribution in [2.45, 2.75) is 0 Å². The Hall–Kier alpha value is -3.37. The van der Waals surface area contributed by atoms with Crippen molar-refractivity contribution in [3.05, 3.63) is 85.1 Å². The van der Waals surface area contributed by atoms with Crippen molar-refractivity contribution in [3.8, 4) is 11.1 Å². The highest BCUT2D eigenvalue weighted by atomic mass is 15.2. The minimum atomic E-state index is 0.993. The Morgan fingerprint density at radius 3 is 2.38 bits per heavy atom. The number of nitrogens with zero attached hydrogens (tertiary/aromatic N) is 2. The maximum Gasteiger partial charge on any atom is 0.0723 e. The third-order valence-electron chi connectivity index (χ3n) is 5.48. The van der Waals surface area contributed by atoms with Crippen molar-refractivity contribution >= 4 is 28.0 Å². The van der Waals surface area contributed by atoms with Crippen LogP contribution in [-0.4, -0.2) is 31.2 Å². The number of hydrogen-bond donors (Lipinski definition) is 2. The molecule has 5 rings (SSSR count). The third kappa shape index (κ3) is 3.80. The fourth-order valence-corrected chi connectivity index (χ4v) is 3.90. The zero-order chi connectivity index (χ0) is 19.5. The van der Waals surface area contributed by atoms with E-state index in [0.29, 0.717) is 0 Å². The lowest BCUT2D eigenvalue weighted by Gasteiger charge is -2.29. The van der Waals surface area contributed by atoms with E-state index in [0.717, 1.165) is 48.5 Å². The molecule has 0 atom stereocenters. The van der Waals surface area contributed by atoms with Crippen molar-refractivity contribution in [1.82, 2.24) is 10.3 Å². The Kier molecular flexibility index (Phi) is 4.85. The van der Waals surface area contributed by atoms with Crippen LogP contribution in [0.4, 0.5) is 17.1 Å². The van der Waals surface area contributed by atoms with Gasteiger partial charge in [-0.2, -0.15) is 0 Å².